The molecule has 0 aliphatic heterocycles. The fraction of sp³-hybridized carbons (Fsp3) is 0.0588. The van der Waals surface area contributed by atoms with Gasteiger partial charge in [0.15, 0.2) is 5.11 Å². The molecule has 0 fully saturated rings. The maximum absolute atomic E-state index is 13.2. The van der Waals surface area contributed by atoms with Crippen molar-refractivity contribution in [3.8, 4) is 0 Å². The molecule has 3 rings (SSSR count). The van der Waals surface area contributed by atoms with Crippen LogP contribution in [-0.4, -0.2) is 14.9 Å². The third-order valence-electron chi connectivity index (χ3n) is 3.21. The van der Waals surface area contributed by atoms with Gasteiger partial charge in [-0.2, -0.15) is 5.10 Å². The Morgan fingerprint density at radius 2 is 1.92 bits per heavy atom. The van der Waals surface area contributed by atoms with Crippen LogP contribution in [0.15, 0.2) is 60.9 Å². The van der Waals surface area contributed by atoms with Crippen molar-refractivity contribution in [2.75, 3.05) is 10.6 Å². The van der Waals surface area contributed by atoms with E-state index in [0.717, 1.165) is 16.9 Å². The summed E-state index contributed by atoms with van der Waals surface area (Å²) in [5.74, 6) is -0.259. The van der Waals surface area contributed by atoms with Gasteiger partial charge in [0.05, 0.1) is 18.4 Å². The second-order valence-electron chi connectivity index (χ2n) is 5.15. The first-order valence-corrected chi connectivity index (χ1v) is 7.97. The standard InChI is InChI=1S/C17H14ClFN4S/c18-13-4-2-6-15(8-13)21-17(24)22-16-9-20-23(11-16)10-12-3-1-5-14(19)7-12/h1-9,11H,10H2,(H2,21,22,24). The van der Waals surface area contributed by atoms with Crippen molar-refractivity contribution in [2.24, 2.45) is 0 Å². The van der Waals surface area contributed by atoms with Crippen molar-refractivity contribution in [3.63, 3.8) is 0 Å². The van der Waals surface area contributed by atoms with E-state index >= 15 is 0 Å². The highest BCUT2D eigenvalue weighted by molar-refractivity contribution is 7.80. The van der Waals surface area contributed by atoms with Crippen LogP contribution in [0.4, 0.5) is 15.8 Å². The third kappa shape index (κ3) is 4.53. The molecule has 0 unspecified atom stereocenters. The molecule has 24 heavy (non-hydrogen) atoms. The number of rotatable bonds is 4. The van der Waals surface area contributed by atoms with Crippen molar-refractivity contribution in [1.29, 1.82) is 0 Å². The average Bonchev–Trinajstić information content (AvgIpc) is 2.94. The van der Waals surface area contributed by atoms with E-state index in [-0.39, 0.29) is 5.82 Å². The Hall–Kier alpha value is -2.44. The molecule has 0 saturated carbocycles. The Labute approximate surface area is 149 Å². The summed E-state index contributed by atoms with van der Waals surface area (Å²) in [5.41, 5.74) is 2.38. The van der Waals surface area contributed by atoms with E-state index in [2.05, 4.69) is 15.7 Å². The summed E-state index contributed by atoms with van der Waals surface area (Å²) in [6.07, 6.45) is 3.46. The second-order valence-corrected chi connectivity index (χ2v) is 5.99. The minimum Gasteiger partial charge on any atom is -0.332 e. The number of hydrogen-bond donors (Lipinski definition) is 2. The molecule has 3 aromatic rings. The number of nitrogens with zero attached hydrogens (tertiary/aromatic N) is 2. The van der Waals surface area contributed by atoms with E-state index in [9.17, 15) is 4.39 Å². The molecule has 0 atom stereocenters. The maximum atomic E-state index is 13.2. The first kappa shape index (κ1) is 16.4. The van der Waals surface area contributed by atoms with E-state index in [0.29, 0.717) is 16.7 Å². The van der Waals surface area contributed by atoms with Gasteiger partial charge in [-0.25, -0.2) is 4.39 Å². The fourth-order valence-corrected chi connectivity index (χ4v) is 2.62. The molecular weight excluding hydrogens is 347 g/mol. The number of nitrogens with one attached hydrogen (secondary N) is 2. The van der Waals surface area contributed by atoms with Crippen LogP contribution in [-0.2, 0) is 6.54 Å². The zero-order valence-corrected chi connectivity index (χ0v) is 14.1. The first-order chi connectivity index (χ1) is 11.6. The third-order valence-corrected chi connectivity index (χ3v) is 3.65. The molecule has 1 heterocycles. The van der Waals surface area contributed by atoms with Gasteiger partial charge in [-0.05, 0) is 48.1 Å². The number of hydrogen-bond acceptors (Lipinski definition) is 2. The topological polar surface area (TPSA) is 41.9 Å². The Morgan fingerprint density at radius 3 is 2.71 bits per heavy atom. The van der Waals surface area contributed by atoms with Gasteiger partial charge in [-0.15, -0.1) is 0 Å². The number of halogens is 2. The Morgan fingerprint density at radius 1 is 1.12 bits per heavy atom. The first-order valence-electron chi connectivity index (χ1n) is 7.19. The summed E-state index contributed by atoms with van der Waals surface area (Å²) < 4.78 is 14.9. The molecule has 0 aliphatic rings. The van der Waals surface area contributed by atoms with Crippen LogP contribution in [0.25, 0.3) is 0 Å². The van der Waals surface area contributed by atoms with Crippen LogP contribution in [0.1, 0.15) is 5.56 Å². The minimum atomic E-state index is -0.259. The molecule has 2 aromatic carbocycles. The van der Waals surface area contributed by atoms with E-state index in [1.165, 1.54) is 12.1 Å². The molecule has 0 radical (unpaired) electrons. The highest BCUT2D eigenvalue weighted by atomic mass is 35.5. The lowest BCUT2D eigenvalue weighted by atomic mass is 10.2. The predicted octanol–water partition coefficient (Wildman–Crippen LogP) is 4.53. The van der Waals surface area contributed by atoms with Crippen molar-refractivity contribution < 1.29 is 4.39 Å². The summed E-state index contributed by atoms with van der Waals surface area (Å²) in [4.78, 5) is 0. The van der Waals surface area contributed by atoms with Gasteiger partial charge in [0.2, 0.25) is 0 Å². The van der Waals surface area contributed by atoms with Crippen LogP contribution in [0.2, 0.25) is 5.02 Å². The summed E-state index contributed by atoms with van der Waals surface area (Å²) >= 11 is 11.2. The van der Waals surface area contributed by atoms with E-state index in [4.69, 9.17) is 23.8 Å². The van der Waals surface area contributed by atoms with Gasteiger partial charge in [-0.1, -0.05) is 29.8 Å². The summed E-state index contributed by atoms with van der Waals surface area (Å²) in [6.45, 7) is 0.480. The number of aromatic nitrogens is 2. The Balaban J connectivity index is 1.60. The van der Waals surface area contributed by atoms with Crippen molar-refractivity contribution >= 4 is 40.3 Å². The minimum absolute atomic E-state index is 0.259. The molecule has 0 saturated heterocycles. The molecule has 4 nitrogen and oxygen atoms in total. The zero-order chi connectivity index (χ0) is 16.9. The van der Waals surface area contributed by atoms with E-state index in [1.54, 1.807) is 35.3 Å². The van der Waals surface area contributed by atoms with Gasteiger partial charge < -0.3 is 10.6 Å². The van der Waals surface area contributed by atoms with Crippen LogP contribution in [0, 0.1) is 5.82 Å². The molecular formula is C17H14ClFN4S. The van der Waals surface area contributed by atoms with E-state index in [1.807, 2.05) is 18.2 Å². The molecule has 2 N–H and O–H groups in total. The maximum Gasteiger partial charge on any atom is 0.175 e. The average molecular weight is 361 g/mol. The lowest BCUT2D eigenvalue weighted by Crippen LogP contribution is -2.18. The largest absolute Gasteiger partial charge is 0.332 e. The molecule has 7 heteroatoms. The fourth-order valence-electron chi connectivity index (χ4n) is 2.20. The van der Waals surface area contributed by atoms with Gasteiger partial charge in [-0.3, -0.25) is 4.68 Å². The van der Waals surface area contributed by atoms with Gasteiger partial charge in [0.1, 0.15) is 5.82 Å². The predicted molar refractivity (Wildman–Crippen MR) is 99.0 cm³/mol. The van der Waals surface area contributed by atoms with Crippen molar-refractivity contribution in [2.45, 2.75) is 6.54 Å². The molecule has 0 bridgehead atoms. The number of thiocarbonyl (C=S) groups is 1. The highest BCUT2D eigenvalue weighted by Crippen LogP contribution is 2.15. The van der Waals surface area contributed by atoms with Crippen LogP contribution < -0.4 is 10.6 Å². The van der Waals surface area contributed by atoms with E-state index < -0.39 is 0 Å². The smallest absolute Gasteiger partial charge is 0.175 e. The zero-order valence-electron chi connectivity index (χ0n) is 12.5. The monoisotopic (exact) mass is 360 g/mol. The summed E-state index contributed by atoms with van der Waals surface area (Å²) in [6, 6.07) is 13.7. The van der Waals surface area contributed by atoms with Crippen molar-refractivity contribution in [3.05, 3.63) is 77.3 Å². The highest BCUT2D eigenvalue weighted by Gasteiger charge is 2.04. The molecule has 0 aliphatic carbocycles. The Bertz CT molecular complexity index is 865. The molecule has 0 spiro atoms. The van der Waals surface area contributed by atoms with Gasteiger partial charge in [0, 0.05) is 16.9 Å². The molecule has 122 valence electrons. The molecule has 0 amide bonds. The lowest BCUT2D eigenvalue weighted by molar-refractivity contribution is 0.619. The Kier molecular flexibility index (Phi) is 5.08. The molecule has 1 aromatic heterocycles. The van der Waals surface area contributed by atoms with Crippen molar-refractivity contribution in [1.82, 2.24) is 9.78 Å². The lowest BCUT2D eigenvalue weighted by Gasteiger charge is -2.09. The summed E-state index contributed by atoms with van der Waals surface area (Å²) in [5, 5.41) is 11.4. The second kappa shape index (κ2) is 7.42. The van der Waals surface area contributed by atoms with Crippen LogP contribution >= 0.6 is 23.8 Å². The van der Waals surface area contributed by atoms with Crippen LogP contribution in [0.3, 0.4) is 0 Å². The summed E-state index contributed by atoms with van der Waals surface area (Å²) in [7, 11) is 0. The quantitative estimate of drug-likeness (QED) is 0.671. The SMILES string of the molecule is Fc1cccc(Cn2cc(NC(=S)Nc3cccc(Cl)c3)cn2)c1. The normalized spacial score (nSPS) is 10.4. The number of benzene rings is 2. The van der Waals surface area contributed by atoms with Gasteiger partial charge >= 0.3 is 0 Å². The van der Waals surface area contributed by atoms with Gasteiger partial charge in [0.25, 0.3) is 0 Å². The number of anilines is 2. The van der Waals surface area contributed by atoms with Crippen LogP contribution in [0.5, 0.6) is 0 Å².